The Morgan fingerprint density at radius 1 is 1.85 bits per heavy atom. The van der Waals surface area contributed by atoms with Gasteiger partial charge in [0, 0.05) is 6.54 Å². The lowest BCUT2D eigenvalue weighted by Crippen LogP contribution is -2.10. The van der Waals surface area contributed by atoms with Crippen molar-refractivity contribution < 1.29 is 9.53 Å². The molecule has 0 aromatic carbocycles. The second kappa shape index (κ2) is 3.72. The highest BCUT2D eigenvalue weighted by atomic mass is 16.5. The van der Waals surface area contributed by atoms with Gasteiger partial charge in [0.05, 0.1) is 13.4 Å². The van der Waals surface area contributed by atoms with Crippen LogP contribution in [0.3, 0.4) is 0 Å². The zero-order chi connectivity index (χ0) is 9.84. The number of esters is 1. The summed E-state index contributed by atoms with van der Waals surface area (Å²) in [5.41, 5.74) is 0.321. The number of aromatic nitrogens is 2. The Morgan fingerprint density at radius 3 is 3.00 bits per heavy atom. The van der Waals surface area contributed by atoms with E-state index in [0.717, 1.165) is 0 Å². The topological polar surface area (TPSA) is 67.9 Å². The molecule has 1 rings (SSSR count). The van der Waals surface area contributed by atoms with Gasteiger partial charge in [0.25, 0.3) is 0 Å². The zero-order valence-corrected chi connectivity index (χ0v) is 7.44. The maximum absolute atomic E-state index is 11.2. The van der Waals surface area contributed by atoms with Crippen LogP contribution in [0.1, 0.15) is 23.1 Å². The molecule has 0 fully saturated rings. The standard InChI is InChI=1S/C8H9N3O2/c1-3-11-5-10-6(4-9)7(11)8(12)13-2/h5H,3H2,1-2H3. The Hall–Kier alpha value is -1.83. The second-order valence-electron chi connectivity index (χ2n) is 2.33. The second-order valence-corrected chi connectivity index (χ2v) is 2.33. The van der Waals surface area contributed by atoms with Gasteiger partial charge in [-0.3, -0.25) is 0 Å². The van der Waals surface area contributed by atoms with E-state index in [2.05, 4.69) is 9.72 Å². The van der Waals surface area contributed by atoms with E-state index in [4.69, 9.17) is 5.26 Å². The van der Waals surface area contributed by atoms with E-state index in [1.54, 1.807) is 4.57 Å². The molecule has 0 amide bonds. The molecule has 0 saturated carbocycles. The largest absolute Gasteiger partial charge is 0.464 e. The third kappa shape index (κ3) is 1.51. The smallest absolute Gasteiger partial charge is 0.357 e. The fourth-order valence-electron chi connectivity index (χ4n) is 1.01. The minimum atomic E-state index is -0.532. The molecular weight excluding hydrogens is 170 g/mol. The van der Waals surface area contributed by atoms with Gasteiger partial charge < -0.3 is 9.30 Å². The molecule has 13 heavy (non-hydrogen) atoms. The first-order valence-corrected chi connectivity index (χ1v) is 3.78. The highest BCUT2D eigenvalue weighted by Gasteiger charge is 2.17. The van der Waals surface area contributed by atoms with Crippen LogP contribution < -0.4 is 0 Å². The van der Waals surface area contributed by atoms with Gasteiger partial charge >= 0.3 is 5.97 Å². The van der Waals surface area contributed by atoms with Crippen LogP contribution in [0, 0.1) is 11.3 Å². The molecule has 1 aromatic rings. The van der Waals surface area contributed by atoms with E-state index in [1.807, 2.05) is 13.0 Å². The van der Waals surface area contributed by atoms with E-state index >= 15 is 0 Å². The number of imidazole rings is 1. The molecule has 0 spiro atoms. The van der Waals surface area contributed by atoms with Crippen molar-refractivity contribution in [1.29, 1.82) is 5.26 Å². The normalized spacial score (nSPS) is 9.31. The first kappa shape index (κ1) is 9.26. The molecule has 0 aliphatic heterocycles. The van der Waals surface area contributed by atoms with Crippen LogP contribution in [-0.4, -0.2) is 22.6 Å². The molecule has 5 nitrogen and oxygen atoms in total. The van der Waals surface area contributed by atoms with E-state index < -0.39 is 5.97 Å². The average Bonchev–Trinajstić information content (AvgIpc) is 2.59. The Bertz CT molecular complexity index is 362. The molecule has 0 aliphatic carbocycles. The number of carbonyl (C=O) groups excluding carboxylic acids is 1. The molecule has 5 heteroatoms. The summed E-state index contributed by atoms with van der Waals surface area (Å²) in [5.74, 6) is -0.532. The van der Waals surface area contributed by atoms with Crippen molar-refractivity contribution >= 4 is 5.97 Å². The fraction of sp³-hybridized carbons (Fsp3) is 0.375. The lowest BCUT2D eigenvalue weighted by Gasteiger charge is -2.02. The van der Waals surface area contributed by atoms with Crippen molar-refractivity contribution in [2.75, 3.05) is 7.11 Å². The summed E-state index contributed by atoms with van der Waals surface area (Å²) in [7, 11) is 1.27. The van der Waals surface area contributed by atoms with Crippen LogP contribution >= 0.6 is 0 Å². The van der Waals surface area contributed by atoms with Crippen LogP contribution in [0.15, 0.2) is 6.33 Å². The Morgan fingerprint density at radius 2 is 2.54 bits per heavy atom. The van der Waals surface area contributed by atoms with Crippen molar-refractivity contribution in [3.05, 3.63) is 17.7 Å². The molecule has 0 bridgehead atoms. The quantitative estimate of drug-likeness (QED) is 0.622. The van der Waals surface area contributed by atoms with Gasteiger partial charge in [-0.1, -0.05) is 0 Å². The van der Waals surface area contributed by atoms with E-state index in [9.17, 15) is 4.79 Å². The summed E-state index contributed by atoms with van der Waals surface area (Å²) in [4.78, 5) is 15.0. The fourth-order valence-corrected chi connectivity index (χ4v) is 1.01. The maximum Gasteiger partial charge on any atom is 0.357 e. The number of aryl methyl sites for hydroxylation is 1. The molecule has 0 aliphatic rings. The summed E-state index contributed by atoms with van der Waals surface area (Å²) >= 11 is 0. The lowest BCUT2D eigenvalue weighted by molar-refractivity contribution is 0.0588. The predicted octanol–water partition coefficient (Wildman–Crippen LogP) is 0.561. The van der Waals surface area contributed by atoms with Gasteiger partial charge in [0.15, 0.2) is 11.4 Å². The van der Waals surface area contributed by atoms with Gasteiger partial charge in [0.1, 0.15) is 6.07 Å². The summed E-state index contributed by atoms with van der Waals surface area (Å²) in [5, 5.41) is 8.64. The van der Waals surface area contributed by atoms with Crippen molar-refractivity contribution in [2.24, 2.45) is 0 Å². The predicted molar refractivity (Wildman–Crippen MR) is 44.0 cm³/mol. The van der Waals surface area contributed by atoms with Gasteiger partial charge in [0.2, 0.25) is 0 Å². The number of nitriles is 1. The van der Waals surface area contributed by atoms with Crippen LogP contribution in [0.25, 0.3) is 0 Å². The molecule has 68 valence electrons. The van der Waals surface area contributed by atoms with E-state index in [1.165, 1.54) is 13.4 Å². The SMILES string of the molecule is CCn1cnc(C#N)c1C(=O)OC. The first-order valence-electron chi connectivity index (χ1n) is 3.78. The zero-order valence-electron chi connectivity index (χ0n) is 7.44. The van der Waals surface area contributed by atoms with Crippen molar-refractivity contribution in [3.63, 3.8) is 0 Å². The molecule has 1 aromatic heterocycles. The Balaban J connectivity index is 3.22. The minimum Gasteiger partial charge on any atom is -0.464 e. The third-order valence-corrected chi connectivity index (χ3v) is 1.66. The molecule has 0 N–H and O–H groups in total. The third-order valence-electron chi connectivity index (χ3n) is 1.66. The van der Waals surface area contributed by atoms with Crippen LogP contribution in [-0.2, 0) is 11.3 Å². The summed E-state index contributed by atoms with van der Waals surface area (Å²) in [6.07, 6.45) is 1.45. The molecule has 0 unspecified atom stereocenters. The summed E-state index contributed by atoms with van der Waals surface area (Å²) in [6, 6.07) is 1.83. The summed E-state index contributed by atoms with van der Waals surface area (Å²) in [6.45, 7) is 2.44. The lowest BCUT2D eigenvalue weighted by atomic mass is 10.3. The van der Waals surface area contributed by atoms with Crippen molar-refractivity contribution in [3.8, 4) is 6.07 Å². The van der Waals surface area contributed by atoms with Gasteiger partial charge in [-0.25, -0.2) is 9.78 Å². The van der Waals surface area contributed by atoms with E-state index in [0.29, 0.717) is 6.54 Å². The number of methoxy groups -OCH3 is 1. The van der Waals surface area contributed by atoms with Crippen molar-refractivity contribution in [2.45, 2.75) is 13.5 Å². The van der Waals surface area contributed by atoms with Gasteiger partial charge in [-0.15, -0.1) is 0 Å². The molecule has 0 radical (unpaired) electrons. The van der Waals surface area contributed by atoms with Gasteiger partial charge in [-0.05, 0) is 6.92 Å². The highest BCUT2D eigenvalue weighted by molar-refractivity contribution is 5.89. The Kier molecular flexibility index (Phi) is 2.65. The first-order chi connectivity index (χ1) is 6.24. The number of ether oxygens (including phenoxy) is 1. The molecule has 1 heterocycles. The average molecular weight is 179 g/mol. The molecule has 0 atom stereocenters. The van der Waals surface area contributed by atoms with Crippen LogP contribution in [0.2, 0.25) is 0 Å². The number of carbonyl (C=O) groups is 1. The maximum atomic E-state index is 11.2. The molecular formula is C8H9N3O2. The number of hydrogen-bond acceptors (Lipinski definition) is 4. The Labute approximate surface area is 75.6 Å². The van der Waals surface area contributed by atoms with Crippen LogP contribution in [0.5, 0.6) is 0 Å². The highest BCUT2D eigenvalue weighted by Crippen LogP contribution is 2.07. The van der Waals surface area contributed by atoms with E-state index in [-0.39, 0.29) is 11.4 Å². The monoisotopic (exact) mass is 179 g/mol. The van der Waals surface area contributed by atoms with Crippen molar-refractivity contribution in [1.82, 2.24) is 9.55 Å². The van der Waals surface area contributed by atoms with Gasteiger partial charge in [-0.2, -0.15) is 5.26 Å². The number of nitrogens with zero attached hydrogens (tertiary/aromatic N) is 3. The number of rotatable bonds is 2. The number of hydrogen-bond donors (Lipinski definition) is 0. The minimum absolute atomic E-state index is 0.105. The summed E-state index contributed by atoms with van der Waals surface area (Å²) < 4.78 is 6.10. The molecule has 0 saturated heterocycles. The van der Waals surface area contributed by atoms with Crippen LogP contribution in [0.4, 0.5) is 0 Å².